The van der Waals surface area contributed by atoms with Crippen molar-refractivity contribution < 1.29 is 19.6 Å². The first kappa shape index (κ1) is 14.5. The average Bonchev–Trinajstić information content (AvgIpc) is 2.97. The zero-order chi connectivity index (χ0) is 16.6. The van der Waals surface area contributed by atoms with Crippen molar-refractivity contribution in [2.24, 2.45) is 0 Å². The quantitative estimate of drug-likeness (QED) is 0.564. The minimum Gasteiger partial charge on any atom is -0.497 e. The molecule has 1 aromatic heterocycles. The van der Waals surface area contributed by atoms with E-state index in [-0.39, 0.29) is 16.8 Å². The number of ether oxygens (including phenoxy) is 1. The van der Waals surface area contributed by atoms with Crippen LogP contribution in [-0.4, -0.2) is 33.1 Å². The molecule has 0 aliphatic heterocycles. The molecule has 3 rings (SSSR count). The van der Waals surface area contributed by atoms with Crippen LogP contribution in [0, 0.1) is 10.1 Å². The van der Waals surface area contributed by atoms with Crippen molar-refractivity contribution in [1.82, 2.24) is 9.97 Å². The van der Waals surface area contributed by atoms with Gasteiger partial charge in [-0.3, -0.25) is 10.1 Å². The van der Waals surface area contributed by atoms with Crippen LogP contribution in [-0.2, 0) is 0 Å². The van der Waals surface area contributed by atoms with Crippen LogP contribution in [0.25, 0.3) is 22.4 Å². The Morgan fingerprint density at radius 3 is 2.57 bits per heavy atom. The Morgan fingerprint density at radius 2 is 2.00 bits per heavy atom. The Kier molecular flexibility index (Phi) is 3.41. The number of carboxylic acids is 1. The molecule has 0 aliphatic rings. The molecule has 1 heterocycles. The lowest BCUT2D eigenvalue weighted by Crippen LogP contribution is -1.99. The molecule has 116 valence electrons. The summed E-state index contributed by atoms with van der Waals surface area (Å²) in [7, 11) is 1.55. The number of H-pyrrole nitrogens is 1. The molecule has 0 fully saturated rings. The van der Waals surface area contributed by atoms with Gasteiger partial charge >= 0.3 is 5.97 Å². The fourth-order valence-corrected chi connectivity index (χ4v) is 2.26. The Hall–Kier alpha value is -3.42. The van der Waals surface area contributed by atoms with Crippen molar-refractivity contribution in [2.45, 2.75) is 0 Å². The van der Waals surface area contributed by atoms with Crippen molar-refractivity contribution in [3.05, 3.63) is 52.1 Å². The van der Waals surface area contributed by atoms with Crippen molar-refractivity contribution in [1.29, 1.82) is 0 Å². The summed E-state index contributed by atoms with van der Waals surface area (Å²) in [5.41, 5.74) is 0.655. The van der Waals surface area contributed by atoms with E-state index in [2.05, 4.69) is 9.97 Å². The Bertz CT molecular complexity index is 915. The normalized spacial score (nSPS) is 10.7. The number of aromatic amines is 1. The van der Waals surface area contributed by atoms with Crippen molar-refractivity contribution >= 4 is 22.7 Å². The second-order valence-corrected chi connectivity index (χ2v) is 4.77. The molecule has 0 saturated heterocycles. The van der Waals surface area contributed by atoms with Gasteiger partial charge in [0.15, 0.2) is 0 Å². The number of carbonyl (C=O) groups is 1. The summed E-state index contributed by atoms with van der Waals surface area (Å²) < 4.78 is 5.07. The topological polar surface area (TPSA) is 118 Å². The van der Waals surface area contributed by atoms with Crippen LogP contribution in [0.3, 0.4) is 0 Å². The third-order valence-corrected chi connectivity index (χ3v) is 3.38. The summed E-state index contributed by atoms with van der Waals surface area (Å²) in [5, 5.41) is 20.2. The minimum atomic E-state index is -1.27. The highest BCUT2D eigenvalue weighted by Crippen LogP contribution is 2.28. The van der Waals surface area contributed by atoms with Gasteiger partial charge in [-0.15, -0.1) is 0 Å². The number of non-ortho nitro benzene ring substituents is 1. The standard InChI is InChI=1S/C15H11N3O5/c1-23-10-4-2-8(3-5-10)14-16-12-7-9(18(21)22)6-11(15(19)20)13(12)17-14/h2-7H,1H3,(H,16,17)(H,19,20). The smallest absolute Gasteiger partial charge is 0.338 e. The van der Waals surface area contributed by atoms with Gasteiger partial charge in [0.25, 0.3) is 5.69 Å². The van der Waals surface area contributed by atoms with Crippen molar-refractivity contribution in [3.8, 4) is 17.1 Å². The van der Waals surface area contributed by atoms with Gasteiger partial charge in [0, 0.05) is 17.7 Å². The fraction of sp³-hybridized carbons (Fsp3) is 0.0667. The van der Waals surface area contributed by atoms with Crippen molar-refractivity contribution in [2.75, 3.05) is 7.11 Å². The molecule has 0 amide bonds. The van der Waals surface area contributed by atoms with Gasteiger partial charge in [-0.2, -0.15) is 0 Å². The SMILES string of the molecule is COc1ccc(-c2nc3c(C(=O)O)cc([N+](=O)[O-])cc3[nH]2)cc1. The molecule has 0 aliphatic carbocycles. The zero-order valence-electron chi connectivity index (χ0n) is 11.9. The number of nitrogens with zero attached hydrogens (tertiary/aromatic N) is 2. The molecule has 3 aromatic rings. The number of aromatic nitrogens is 2. The number of rotatable bonds is 4. The van der Waals surface area contributed by atoms with E-state index in [0.717, 1.165) is 6.07 Å². The van der Waals surface area contributed by atoms with Gasteiger partial charge in [0.05, 0.1) is 23.1 Å². The Morgan fingerprint density at radius 1 is 1.30 bits per heavy atom. The number of carboxylic acid groups (broad SMARTS) is 1. The van der Waals surface area contributed by atoms with Gasteiger partial charge in [-0.1, -0.05) is 0 Å². The first-order valence-corrected chi connectivity index (χ1v) is 6.55. The molecule has 2 N–H and O–H groups in total. The lowest BCUT2D eigenvalue weighted by molar-refractivity contribution is -0.384. The highest BCUT2D eigenvalue weighted by molar-refractivity contribution is 6.02. The number of nitro benzene ring substituents is 1. The molecule has 0 radical (unpaired) electrons. The second kappa shape index (κ2) is 5.41. The predicted molar refractivity (Wildman–Crippen MR) is 81.7 cm³/mol. The van der Waals surface area contributed by atoms with E-state index in [9.17, 15) is 20.0 Å². The first-order chi connectivity index (χ1) is 11.0. The third kappa shape index (κ3) is 2.57. The van der Waals surface area contributed by atoms with E-state index in [1.165, 1.54) is 6.07 Å². The van der Waals surface area contributed by atoms with E-state index in [1.807, 2.05) is 0 Å². The highest BCUT2D eigenvalue weighted by atomic mass is 16.6. The summed E-state index contributed by atoms with van der Waals surface area (Å²) in [6.45, 7) is 0. The van der Waals surface area contributed by atoms with E-state index >= 15 is 0 Å². The molecule has 0 atom stereocenters. The molecule has 23 heavy (non-hydrogen) atoms. The second-order valence-electron chi connectivity index (χ2n) is 4.77. The third-order valence-electron chi connectivity index (χ3n) is 3.38. The maximum absolute atomic E-state index is 11.3. The van der Waals surface area contributed by atoms with Crippen LogP contribution in [0.4, 0.5) is 5.69 Å². The number of hydrogen-bond donors (Lipinski definition) is 2. The van der Waals surface area contributed by atoms with Gasteiger partial charge in [0.1, 0.15) is 17.1 Å². The number of nitro groups is 1. The van der Waals surface area contributed by atoms with Crippen LogP contribution in [0.5, 0.6) is 5.75 Å². The summed E-state index contributed by atoms with van der Waals surface area (Å²) in [6.07, 6.45) is 0. The largest absolute Gasteiger partial charge is 0.497 e. The maximum Gasteiger partial charge on any atom is 0.338 e. The Labute approximate surface area is 129 Å². The molecule has 0 saturated carbocycles. The van der Waals surface area contributed by atoms with Gasteiger partial charge in [-0.05, 0) is 24.3 Å². The number of imidazole rings is 1. The van der Waals surface area contributed by atoms with Crippen molar-refractivity contribution in [3.63, 3.8) is 0 Å². The number of aromatic carboxylic acids is 1. The summed E-state index contributed by atoms with van der Waals surface area (Å²) >= 11 is 0. The number of hydrogen-bond acceptors (Lipinski definition) is 5. The number of methoxy groups -OCH3 is 1. The Balaban J connectivity index is 2.18. The highest BCUT2D eigenvalue weighted by Gasteiger charge is 2.19. The lowest BCUT2D eigenvalue weighted by Gasteiger charge is -2.00. The molecule has 2 aromatic carbocycles. The average molecular weight is 313 g/mol. The molecule has 0 spiro atoms. The molecule has 8 nitrogen and oxygen atoms in total. The van der Waals surface area contributed by atoms with Gasteiger partial charge in [-0.25, -0.2) is 9.78 Å². The molecule has 8 heteroatoms. The van der Waals surface area contributed by atoms with Gasteiger partial charge < -0.3 is 14.8 Å². The monoisotopic (exact) mass is 313 g/mol. The number of benzene rings is 2. The van der Waals surface area contributed by atoms with Crippen LogP contribution < -0.4 is 4.74 Å². The predicted octanol–water partition coefficient (Wildman–Crippen LogP) is 2.84. The lowest BCUT2D eigenvalue weighted by atomic mass is 10.1. The fourth-order valence-electron chi connectivity index (χ4n) is 2.26. The molecular formula is C15H11N3O5. The van der Waals surface area contributed by atoms with Crippen LogP contribution >= 0.6 is 0 Å². The number of fused-ring (bicyclic) bond motifs is 1. The van der Waals surface area contributed by atoms with E-state index in [1.54, 1.807) is 31.4 Å². The number of nitrogens with one attached hydrogen (secondary N) is 1. The van der Waals surface area contributed by atoms with Crippen LogP contribution in [0.15, 0.2) is 36.4 Å². The molecule has 0 unspecified atom stereocenters. The van der Waals surface area contributed by atoms with E-state index in [4.69, 9.17) is 4.74 Å². The molecule has 0 bridgehead atoms. The van der Waals surface area contributed by atoms with E-state index in [0.29, 0.717) is 22.7 Å². The summed E-state index contributed by atoms with van der Waals surface area (Å²) in [6, 6.07) is 9.26. The van der Waals surface area contributed by atoms with E-state index < -0.39 is 10.9 Å². The van der Waals surface area contributed by atoms with Crippen LogP contribution in [0.2, 0.25) is 0 Å². The maximum atomic E-state index is 11.3. The van der Waals surface area contributed by atoms with Crippen LogP contribution in [0.1, 0.15) is 10.4 Å². The van der Waals surface area contributed by atoms with Gasteiger partial charge in [0.2, 0.25) is 0 Å². The summed E-state index contributed by atoms with van der Waals surface area (Å²) in [5.74, 6) is -0.177. The zero-order valence-corrected chi connectivity index (χ0v) is 11.9. The summed E-state index contributed by atoms with van der Waals surface area (Å²) in [4.78, 5) is 28.8. The molecular weight excluding hydrogens is 302 g/mol. The first-order valence-electron chi connectivity index (χ1n) is 6.55. The minimum absolute atomic E-state index is 0.175.